The minimum absolute atomic E-state index is 0. The number of carbonyl (C=O) groups excluding carboxylic acids is 3. The van der Waals surface area contributed by atoms with E-state index in [4.69, 9.17) is 15.3 Å². The average Bonchev–Trinajstić information content (AvgIpc) is 2.49. The van der Waals surface area contributed by atoms with Gasteiger partial charge in [-0.3, -0.25) is 12.9 Å². The van der Waals surface area contributed by atoms with Gasteiger partial charge in [0.05, 0.1) is 73.3 Å². The van der Waals surface area contributed by atoms with Gasteiger partial charge in [0.15, 0.2) is 0 Å². The van der Waals surface area contributed by atoms with Gasteiger partial charge >= 0.3 is 46.9 Å². The van der Waals surface area contributed by atoms with Gasteiger partial charge in [-0.05, 0) is 0 Å². The van der Waals surface area contributed by atoms with Crippen LogP contribution in [-0.2, 0) is 27.3 Å². The molecule has 12 nitrogen and oxygen atoms in total. The molecule has 0 radical (unpaired) electrons. The number of rotatable bonds is 9. The Balaban J connectivity index is -0.0000000817. The van der Waals surface area contributed by atoms with Crippen LogP contribution >= 0.6 is 35.6 Å². The Morgan fingerprint density at radius 3 is 0.885 bits per heavy atom. The van der Waals surface area contributed by atoms with E-state index in [9.17, 15) is 29.7 Å². The molecule has 0 aliphatic carbocycles. The second-order valence-corrected chi connectivity index (χ2v) is 3.99. The number of hydrogen-bond donors (Lipinski definition) is 3. The van der Waals surface area contributed by atoms with E-state index in [1.54, 1.807) is 0 Å². The first-order chi connectivity index (χ1) is 11.0. The summed E-state index contributed by atoms with van der Waals surface area (Å²) < 4.78 is 11.3. The molecule has 0 spiro atoms. The summed E-state index contributed by atoms with van der Waals surface area (Å²) >= 11 is 13.8. The predicted molar refractivity (Wildman–Crippen MR) is 81.4 cm³/mol. The zero-order valence-corrected chi connectivity index (χ0v) is 15.5. The van der Waals surface area contributed by atoms with Crippen LogP contribution in [0.2, 0.25) is 0 Å². The van der Waals surface area contributed by atoms with E-state index in [1.165, 1.54) is 0 Å². The van der Waals surface area contributed by atoms with E-state index < -0.39 is 56.0 Å². The van der Waals surface area contributed by atoms with Crippen LogP contribution in [-0.4, -0.2) is 118 Å². The fourth-order valence-electron chi connectivity index (χ4n) is 0.383. The summed E-state index contributed by atoms with van der Waals surface area (Å²) in [4.78, 5) is 28.8. The van der Waals surface area contributed by atoms with Crippen LogP contribution in [0.15, 0.2) is 0 Å². The van der Waals surface area contributed by atoms with Gasteiger partial charge in [-0.2, -0.15) is 0 Å². The van der Waals surface area contributed by atoms with Gasteiger partial charge in [0.2, 0.25) is 0 Å². The topological polar surface area (TPSA) is 209 Å². The molecule has 0 saturated carbocycles. The summed E-state index contributed by atoms with van der Waals surface area (Å²) in [5.41, 5.74) is 0. The van der Waals surface area contributed by atoms with Crippen LogP contribution < -0.4 is 15.3 Å². The molecule has 3 atom stereocenters. The Kier molecular flexibility index (Phi) is 36.7. The van der Waals surface area contributed by atoms with E-state index in [0.29, 0.717) is 0 Å². The monoisotopic (exact) mass is 468 g/mol. The van der Waals surface area contributed by atoms with Crippen LogP contribution in [0, 0.1) is 0 Å². The molecule has 0 amide bonds. The molecular formula is C9H13AlCl3NaO12. The zero-order valence-electron chi connectivity index (χ0n) is 12.1. The average molecular weight is 470 g/mol. The summed E-state index contributed by atoms with van der Waals surface area (Å²) in [6.07, 6.45) is -4.90. The third-order valence-corrected chi connectivity index (χ3v) is 1.86. The van der Waals surface area contributed by atoms with E-state index in [1.807, 2.05) is 0 Å². The van der Waals surface area contributed by atoms with Crippen molar-refractivity contribution >= 4 is 100 Å². The Morgan fingerprint density at radius 1 is 0.692 bits per heavy atom. The fourth-order valence-corrected chi connectivity index (χ4v) is 0.741. The van der Waals surface area contributed by atoms with E-state index >= 15 is 0 Å². The van der Waals surface area contributed by atoms with Crippen molar-refractivity contribution < 1.29 is 57.9 Å². The zero-order chi connectivity index (χ0) is 19.7. The van der Waals surface area contributed by atoms with Gasteiger partial charge in [-0.15, -0.1) is 0 Å². The Bertz CT molecular complexity index is 315. The van der Waals surface area contributed by atoms with Crippen molar-refractivity contribution in [3.63, 3.8) is 0 Å². The normalized spacial score (nSPS) is 12.2. The molecular weight excluding hydrogens is 456 g/mol. The minimum atomic E-state index is -1.63. The number of carbonyl (C=O) groups is 3. The molecule has 0 bridgehead atoms. The number of carboxylic acids is 3. The molecule has 17 heteroatoms. The third kappa shape index (κ3) is 29.3. The van der Waals surface area contributed by atoms with Crippen LogP contribution in [0.25, 0.3) is 0 Å². The van der Waals surface area contributed by atoms with Crippen molar-refractivity contribution in [2.45, 2.75) is 18.3 Å². The molecule has 0 heterocycles. The molecule has 0 aromatic heterocycles. The molecule has 0 rings (SSSR count). The number of aliphatic hydroxyl groups is 3. The molecule has 0 aromatic rings. The molecule has 26 heavy (non-hydrogen) atoms. The Morgan fingerprint density at radius 2 is 0.846 bits per heavy atom. The first-order valence-electron chi connectivity index (χ1n) is 5.42. The van der Waals surface area contributed by atoms with Gasteiger partial charge in [0.1, 0.15) is 18.3 Å². The summed E-state index contributed by atoms with van der Waals surface area (Å²) in [5.74, 6) is -4.78. The molecule has 3 N–H and O–H groups in total. The summed E-state index contributed by atoms with van der Waals surface area (Å²) in [5, 5.41) is 53.5. The standard InChI is InChI=1S/3C3H5ClO4.Al.Na.H/c3*4-8-1-2(5)3(6)7;;;/h3*2,5H,1H2,(H,6,7);;;/q;;;+3;;/p-3. The number of carboxylic acid groups (broad SMARTS) is 3. The maximum atomic E-state index is 9.59. The van der Waals surface area contributed by atoms with Crippen molar-refractivity contribution in [3.05, 3.63) is 0 Å². The van der Waals surface area contributed by atoms with Gasteiger partial charge in [0.25, 0.3) is 0 Å². The molecule has 0 aliphatic rings. The van der Waals surface area contributed by atoms with Gasteiger partial charge in [-0.1, -0.05) is 0 Å². The second-order valence-electron chi connectivity index (χ2n) is 3.33. The van der Waals surface area contributed by atoms with E-state index in [-0.39, 0.29) is 46.9 Å². The van der Waals surface area contributed by atoms with Gasteiger partial charge in [-0.25, -0.2) is 0 Å². The first kappa shape index (κ1) is 37.3. The number of halogens is 3. The van der Waals surface area contributed by atoms with Crippen molar-refractivity contribution in [1.82, 2.24) is 0 Å². The second kappa shape index (κ2) is 25.6. The van der Waals surface area contributed by atoms with Crippen LogP contribution in [0.4, 0.5) is 0 Å². The summed E-state index contributed by atoms with van der Waals surface area (Å²) in [6.45, 7) is -1.36. The quantitative estimate of drug-likeness (QED) is 0.269. The van der Waals surface area contributed by atoms with Gasteiger partial charge in [0, 0.05) is 0 Å². The van der Waals surface area contributed by atoms with Crippen LogP contribution in [0.1, 0.15) is 0 Å². The van der Waals surface area contributed by atoms with Crippen molar-refractivity contribution in [2.75, 3.05) is 19.8 Å². The molecule has 0 aromatic carbocycles. The number of aliphatic hydroxyl groups excluding tert-OH is 3. The van der Waals surface area contributed by atoms with E-state index in [2.05, 4.69) is 48.5 Å². The van der Waals surface area contributed by atoms with E-state index in [0.717, 1.165) is 0 Å². The van der Waals surface area contributed by atoms with Crippen LogP contribution in [0.3, 0.4) is 0 Å². The summed E-state index contributed by atoms with van der Waals surface area (Å²) in [6, 6.07) is 0. The fraction of sp³-hybridized carbons (Fsp3) is 0.667. The molecule has 0 aliphatic heterocycles. The van der Waals surface area contributed by atoms with Crippen LogP contribution in [0.5, 0.6) is 0 Å². The van der Waals surface area contributed by atoms with Crippen molar-refractivity contribution in [1.29, 1.82) is 0 Å². The Labute approximate surface area is 195 Å². The third-order valence-electron chi connectivity index (χ3n) is 1.48. The Hall–Kier alpha value is 0.572. The first-order valence-corrected chi connectivity index (χ1v) is 6.34. The molecule has 146 valence electrons. The number of aliphatic carboxylic acids is 3. The number of hydrogen-bond acceptors (Lipinski definition) is 12. The molecule has 0 fully saturated rings. The van der Waals surface area contributed by atoms with Crippen molar-refractivity contribution in [2.24, 2.45) is 0 Å². The van der Waals surface area contributed by atoms with Gasteiger partial charge < -0.3 is 45.0 Å². The SMILES string of the molecule is O=C([O-])C(O)COCl.O=C([O-])C(O)COCl.O=C([O-])C(O)COCl.[Al+3].[NaH]. The molecule has 3 unspecified atom stereocenters. The van der Waals surface area contributed by atoms with Crippen molar-refractivity contribution in [3.8, 4) is 0 Å². The summed E-state index contributed by atoms with van der Waals surface area (Å²) in [7, 11) is 0. The molecule has 0 saturated heterocycles. The maximum absolute atomic E-state index is 9.59. The predicted octanol–water partition coefficient (Wildman–Crippen LogP) is -6.23.